The molecule has 0 atom stereocenters. The number of nitrogens with zero attached hydrogens (tertiary/aromatic N) is 4. The number of aliphatic imine (C=N–C) groups is 1. The van der Waals surface area contributed by atoms with Crippen LogP contribution in [0.2, 0.25) is 0 Å². The standard InChI is InChI=1S/C11H12N2O.C11H12N2/c1-3-9-4-5-13-10(7-9)12-8(2)6-11(13)14;1-8-4-5-11-12-9(2)6-10(3)13(11)7-8/h4-7H,3H2,1-2H3;4-7H,3H2,1-2H3. The summed E-state index contributed by atoms with van der Waals surface area (Å²) in [6.45, 7) is 11.9. The number of allylic oxidation sites excluding steroid dienone is 4. The van der Waals surface area contributed by atoms with E-state index in [9.17, 15) is 4.79 Å². The molecular formula is C22H24N4O. The van der Waals surface area contributed by atoms with Crippen LogP contribution in [0.5, 0.6) is 0 Å². The summed E-state index contributed by atoms with van der Waals surface area (Å²) in [6, 6.07) is 5.44. The fourth-order valence-electron chi connectivity index (χ4n) is 2.93. The van der Waals surface area contributed by atoms with Gasteiger partial charge in [-0.05, 0) is 62.6 Å². The first kappa shape index (κ1) is 18.6. The van der Waals surface area contributed by atoms with E-state index in [1.165, 1.54) is 11.1 Å². The van der Waals surface area contributed by atoms with Crippen LogP contribution in [0.4, 0.5) is 0 Å². The first-order valence-corrected chi connectivity index (χ1v) is 8.98. The molecule has 0 bridgehead atoms. The van der Waals surface area contributed by atoms with Crippen molar-refractivity contribution < 1.29 is 0 Å². The van der Waals surface area contributed by atoms with Crippen LogP contribution in [0.1, 0.15) is 32.0 Å². The highest BCUT2D eigenvalue weighted by Crippen LogP contribution is 2.21. The van der Waals surface area contributed by atoms with E-state index in [0.717, 1.165) is 35.0 Å². The first-order chi connectivity index (χ1) is 12.9. The Hall–Kier alpha value is -3.21. The number of hydrogen-bond donors (Lipinski definition) is 0. The quantitative estimate of drug-likeness (QED) is 0.767. The van der Waals surface area contributed by atoms with E-state index in [-0.39, 0.29) is 5.56 Å². The number of pyridine rings is 1. The van der Waals surface area contributed by atoms with Crippen molar-refractivity contribution >= 4 is 11.5 Å². The van der Waals surface area contributed by atoms with E-state index in [0.29, 0.717) is 0 Å². The number of aryl methyl sites for hydroxylation is 2. The molecule has 0 aromatic carbocycles. The van der Waals surface area contributed by atoms with E-state index < -0.39 is 0 Å². The van der Waals surface area contributed by atoms with Gasteiger partial charge in [0.2, 0.25) is 0 Å². The van der Waals surface area contributed by atoms with Crippen LogP contribution in [0.15, 0.2) is 82.2 Å². The van der Waals surface area contributed by atoms with Gasteiger partial charge in [0.25, 0.3) is 5.56 Å². The van der Waals surface area contributed by atoms with Crippen LogP contribution in [-0.4, -0.2) is 20.1 Å². The Morgan fingerprint density at radius 1 is 1.15 bits per heavy atom. The van der Waals surface area contributed by atoms with Crippen LogP contribution in [0, 0.1) is 6.92 Å². The maximum Gasteiger partial charge on any atom is 0.258 e. The molecule has 0 fully saturated rings. The van der Waals surface area contributed by atoms with E-state index in [1.54, 1.807) is 16.7 Å². The van der Waals surface area contributed by atoms with E-state index in [4.69, 9.17) is 0 Å². The molecule has 5 nitrogen and oxygen atoms in total. The molecule has 0 spiro atoms. The highest BCUT2D eigenvalue weighted by molar-refractivity contribution is 5.98. The predicted octanol–water partition coefficient (Wildman–Crippen LogP) is 4.16. The molecule has 0 saturated carbocycles. The summed E-state index contributed by atoms with van der Waals surface area (Å²) in [6.07, 6.45) is 10.8. The van der Waals surface area contributed by atoms with Gasteiger partial charge in [0.05, 0.1) is 0 Å². The predicted molar refractivity (Wildman–Crippen MR) is 111 cm³/mol. The maximum absolute atomic E-state index is 11.5. The summed E-state index contributed by atoms with van der Waals surface area (Å²) in [4.78, 5) is 22.2. The van der Waals surface area contributed by atoms with Crippen molar-refractivity contribution in [1.29, 1.82) is 0 Å². The average molecular weight is 360 g/mol. The van der Waals surface area contributed by atoms with Crippen LogP contribution < -0.4 is 5.56 Å². The number of aromatic nitrogens is 2. The first-order valence-electron chi connectivity index (χ1n) is 8.98. The molecule has 0 aliphatic carbocycles. The smallest absolute Gasteiger partial charge is 0.258 e. The molecule has 138 valence electrons. The zero-order chi connectivity index (χ0) is 19.6. The van der Waals surface area contributed by atoms with Gasteiger partial charge in [0.1, 0.15) is 11.5 Å². The van der Waals surface area contributed by atoms with Crippen LogP contribution in [-0.2, 0) is 6.42 Å². The van der Waals surface area contributed by atoms with Crippen LogP contribution >= 0.6 is 0 Å². The van der Waals surface area contributed by atoms with Gasteiger partial charge in [-0.1, -0.05) is 19.6 Å². The van der Waals surface area contributed by atoms with Crippen molar-refractivity contribution in [2.45, 2.75) is 34.1 Å². The molecule has 5 heteroatoms. The van der Waals surface area contributed by atoms with Gasteiger partial charge in [-0.15, -0.1) is 0 Å². The van der Waals surface area contributed by atoms with Crippen molar-refractivity contribution in [3.63, 3.8) is 0 Å². The molecule has 4 rings (SSSR count). The summed E-state index contributed by atoms with van der Waals surface area (Å²) in [5.74, 6) is 0.954. The zero-order valence-electron chi connectivity index (χ0n) is 16.2. The van der Waals surface area contributed by atoms with Crippen molar-refractivity contribution in [2.24, 2.45) is 4.99 Å². The van der Waals surface area contributed by atoms with Crippen molar-refractivity contribution in [2.75, 3.05) is 0 Å². The topological polar surface area (TPSA) is 50.0 Å². The molecule has 0 radical (unpaired) electrons. The minimum atomic E-state index is -0.0184. The molecule has 0 amide bonds. The number of hydrogen-bond acceptors (Lipinski definition) is 4. The molecule has 2 aromatic heterocycles. The lowest BCUT2D eigenvalue weighted by molar-refractivity contribution is 0.695. The van der Waals surface area contributed by atoms with Gasteiger partial charge in [0, 0.05) is 35.6 Å². The Morgan fingerprint density at radius 2 is 1.93 bits per heavy atom. The van der Waals surface area contributed by atoms with Gasteiger partial charge in [0.15, 0.2) is 0 Å². The van der Waals surface area contributed by atoms with E-state index in [1.807, 2.05) is 49.2 Å². The Balaban J connectivity index is 0.000000156. The lowest BCUT2D eigenvalue weighted by Gasteiger charge is -2.27. The van der Waals surface area contributed by atoms with Gasteiger partial charge in [-0.25, -0.2) is 9.98 Å². The van der Waals surface area contributed by atoms with Crippen molar-refractivity contribution in [3.8, 4) is 0 Å². The third kappa shape index (κ3) is 4.14. The molecule has 2 aromatic rings. The normalized spacial score (nSPS) is 15.5. The summed E-state index contributed by atoms with van der Waals surface area (Å²) in [7, 11) is 0. The molecule has 0 saturated heterocycles. The molecule has 4 heterocycles. The molecule has 0 unspecified atom stereocenters. The maximum atomic E-state index is 11.5. The van der Waals surface area contributed by atoms with Crippen LogP contribution in [0.25, 0.3) is 5.65 Å². The van der Waals surface area contributed by atoms with Gasteiger partial charge in [-0.3, -0.25) is 9.20 Å². The second kappa shape index (κ2) is 7.58. The molecule has 2 aliphatic heterocycles. The average Bonchev–Trinajstić information content (AvgIpc) is 2.62. The lowest BCUT2D eigenvalue weighted by atomic mass is 10.1. The zero-order valence-corrected chi connectivity index (χ0v) is 16.2. The Labute approximate surface area is 159 Å². The van der Waals surface area contributed by atoms with Gasteiger partial charge in [-0.2, -0.15) is 0 Å². The van der Waals surface area contributed by atoms with E-state index in [2.05, 4.69) is 36.5 Å². The Morgan fingerprint density at radius 3 is 2.67 bits per heavy atom. The number of amidine groups is 1. The largest absolute Gasteiger partial charge is 0.302 e. The summed E-state index contributed by atoms with van der Waals surface area (Å²) < 4.78 is 1.56. The minimum absolute atomic E-state index is 0.0184. The molecule has 2 aliphatic rings. The van der Waals surface area contributed by atoms with E-state index >= 15 is 0 Å². The summed E-state index contributed by atoms with van der Waals surface area (Å²) in [5.41, 5.74) is 5.88. The van der Waals surface area contributed by atoms with Crippen molar-refractivity contribution in [3.05, 3.63) is 94.0 Å². The lowest BCUT2D eigenvalue weighted by Crippen LogP contribution is -2.27. The summed E-state index contributed by atoms with van der Waals surface area (Å²) >= 11 is 0. The molecule has 0 N–H and O–H groups in total. The van der Waals surface area contributed by atoms with Gasteiger partial charge < -0.3 is 4.90 Å². The fourth-order valence-corrected chi connectivity index (χ4v) is 2.93. The Bertz CT molecular complexity index is 1080. The molecular weight excluding hydrogens is 336 g/mol. The SMILES string of the molecule is C=C1C=C(C)N=C2C=CC(C)=CN12.CCc1ccn2c(=O)cc(C)nc2c1. The second-order valence-corrected chi connectivity index (χ2v) is 6.68. The highest BCUT2D eigenvalue weighted by Gasteiger charge is 2.15. The third-order valence-corrected chi connectivity index (χ3v) is 4.32. The number of rotatable bonds is 1. The molecule has 27 heavy (non-hydrogen) atoms. The monoisotopic (exact) mass is 360 g/mol. The summed E-state index contributed by atoms with van der Waals surface area (Å²) in [5, 5.41) is 0. The fraction of sp³-hybridized carbons (Fsp3) is 0.227. The number of fused-ring (bicyclic) bond motifs is 2. The third-order valence-electron chi connectivity index (χ3n) is 4.32. The van der Waals surface area contributed by atoms with Crippen molar-refractivity contribution in [1.82, 2.24) is 14.3 Å². The van der Waals surface area contributed by atoms with Gasteiger partial charge >= 0.3 is 0 Å². The minimum Gasteiger partial charge on any atom is -0.302 e. The Kier molecular flexibility index (Phi) is 5.21. The van der Waals surface area contributed by atoms with Crippen LogP contribution in [0.3, 0.4) is 0 Å². The highest BCUT2D eigenvalue weighted by atomic mass is 16.1. The second-order valence-electron chi connectivity index (χ2n) is 6.68.